The topological polar surface area (TPSA) is 81.8 Å². The van der Waals surface area contributed by atoms with Crippen LogP contribution in [0.15, 0.2) is 48.5 Å². The summed E-state index contributed by atoms with van der Waals surface area (Å²) >= 11 is 0. The molecule has 7 heteroatoms. The Morgan fingerprint density at radius 2 is 1.65 bits per heavy atom. The van der Waals surface area contributed by atoms with Crippen molar-refractivity contribution in [3.8, 4) is 0 Å². The van der Waals surface area contributed by atoms with Crippen molar-refractivity contribution >= 4 is 23.5 Å². The van der Waals surface area contributed by atoms with E-state index in [9.17, 15) is 14.4 Å². The molecule has 31 heavy (non-hydrogen) atoms. The average molecular weight is 423 g/mol. The van der Waals surface area contributed by atoms with Crippen molar-refractivity contribution in [1.82, 2.24) is 15.5 Å². The predicted molar refractivity (Wildman–Crippen MR) is 121 cm³/mol. The smallest absolute Gasteiger partial charge is 0.325 e. The highest BCUT2D eigenvalue weighted by atomic mass is 16.2. The van der Waals surface area contributed by atoms with E-state index in [-0.39, 0.29) is 12.5 Å². The highest BCUT2D eigenvalue weighted by Gasteiger charge is 2.49. The number of hydrogen-bond donors (Lipinski definition) is 2. The number of urea groups is 1. The second-order valence-electron chi connectivity index (χ2n) is 8.23. The molecule has 2 aromatic rings. The first-order valence-electron chi connectivity index (χ1n) is 10.5. The van der Waals surface area contributed by atoms with E-state index in [4.69, 9.17) is 0 Å². The van der Waals surface area contributed by atoms with Crippen LogP contribution in [0.4, 0.5) is 10.5 Å². The quantitative estimate of drug-likeness (QED) is 0.641. The molecule has 2 N–H and O–H groups in total. The third-order valence-corrected chi connectivity index (χ3v) is 5.59. The fraction of sp³-hybridized carbons (Fsp3) is 0.375. The van der Waals surface area contributed by atoms with E-state index in [1.54, 1.807) is 6.92 Å². The van der Waals surface area contributed by atoms with Crippen LogP contribution in [0.25, 0.3) is 0 Å². The monoisotopic (exact) mass is 422 g/mol. The van der Waals surface area contributed by atoms with Crippen LogP contribution in [-0.2, 0) is 28.1 Å². The Kier molecular flexibility index (Phi) is 6.63. The van der Waals surface area contributed by atoms with Gasteiger partial charge in [-0.25, -0.2) is 4.79 Å². The fourth-order valence-electron chi connectivity index (χ4n) is 3.64. The highest BCUT2D eigenvalue weighted by molar-refractivity contribution is 6.09. The van der Waals surface area contributed by atoms with Crippen LogP contribution >= 0.6 is 0 Å². The number of nitrogens with one attached hydrogen (secondary N) is 2. The summed E-state index contributed by atoms with van der Waals surface area (Å²) in [6.07, 6.45) is 2.00. The second-order valence-corrected chi connectivity index (χ2v) is 8.23. The number of benzene rings is 2. The number of aryl methyl sites for hydroxylation is 1. The van der Waals surface area contributed by atoms with Crippen molar-refractivity contribution in [3.63, 3.8) is 0 Å². The van der Waals surface area contributed by atoms with E-state index in [1.165, 1.54) is 5.56 Å². The molecular formula is C24H30N4O3. The lowest BCUT2D eigenvalue weighted by molar-refractivity contribution is -0.134. The molecule has 164 valence electrons. The van der Waals surface area contributed by atoms with Crippen molar-refractivity contribution in [1.29, 1.82) is 0 Å². The van der Waals surface area contributed by atoms with Gasteiger partial charge in [-0.15, -0.1) is 0 Å². The maximum atomic E-state index is 13.0. The molecule has 4 amide bonds. The molecule has 1 fully saturated rings. The van der Waals surface area contributed by atoms with Gasteiger partial charge in [-0.2, -0.15) is 0 Å². The first kappa shape index (κ1) is 22.3. The SMILES string of the molecule is CCCc1ccc([C@]2(C)NC(=O)N(CC(=O)NCc3ccc(N(C)C)cc3)C2=O)cc1. The molecule has 1 aliphatic rings. The number of amides is 4. The molecule has 2 aromatic carbocycles. The minimum Gasteiger partial charge on any atom is -0.378 e. The van der Waals surface area contributed by atoms with Gasteiger partial charge in [0.05, 0.1) is 0 Å². The van der Waals surface area contributed by atoms with Gasteiger partial charge in [0.2, 0.25) is 5.91 Å². The molecule has 3 rings (SSSR count). The summed E-state index contributed by atoms with van der Waals surface area (Å²) in [7, 11) is 3.92. The Morgan fingerprint density at radius 1 is 1.03 bits per heavy atom. The van der Waals surface area contributed by atoms with Crippen LogP contribution < -0.4 is 15.5 Å². The van der Waals surface area contributed by atoms with E-state index < -0.39 is 17.5 Å². The van der Waals surface area contributed by atoms with Crippen LogP contribution in [0.2, 0.25) is 0 Å². The predicted octanol–water partition coefficient (Wildman–Crippen LogP) is 2.79. The van der Waals surface area contributed by atoms with Crippen LogP contribution in [0, 0.1) is 0 Å². The molecule has 0 bridgehead atoms. The lowest BCUT2D eigenvalue weighted by Crippen LogP contribution is -2.43. The van der Waals surface area contributed by atoms with Crippen LogP contribution in [0.5, 0.6) is 0 Å². The van der Waals surface area contributed by atoms with Gasteiger partial charge >= 0.3 is 6.03 Å². The number of nitrogens with zero attached hydrogens (tertiary/aromatic N) is 2. The van der Waals surface area contributed by atoms with Gasteiger partial charge < -0.3 is 15.5 Å². The van der Waals surface area contributed by atoms with Crippen molar-refractivity contribution in [2.45, 2.75) is 38.8 Å². The molecule has 0 aromatic heterocycles. The van der Waals surface area contributed by atoms with E-state index in [0.29, 0.717) is 12.1 Å². The first-order chi connectivity index (χ1) is 14.7. The molecule has 1 heterocycles. The minimum atomic E-state index is -1.18. The molecule has 0 spiro atoms. The average Bonchev–Trinajstić information content (AvgIpc) is 2.97. The Bertz CT molecular complexity index is 954. The number of rotatable bonds is 8. The van der Waals surface area contributed by atoms with Crippen molar-refractivity contribution in [2.75, 3.05) is 25.5 Å². The van der Waals surface area contributed by atoms with Gasteiger partial charge in [0.25, 0.3) is 5.91 Å². The summed E-state index contributed by atoms with van der Waals surface area (Å²) in [5.41, 5.74) is 2.71. The Morgan fingerprint density at radius 3 is 2.23 bits per heavy atom. The molecule has 7 nitrogen and oxygen atoms in total. The van der Waals surface area contributed by atoms with Gasteiger partial charge in [0.1, 0.15) is 12.1 Å². The van der Waals surface area contributed by atoms with Crippen LogP contribution in [0.1, 0.15) is 37.0 Å². The summed E-state index contributed by atoms with van der Waals surface area (Å²) in [5, 5.41) is 5.52. The summed E-state index contributed by atoms with van der Waals surface area (Å²) in [5.74, 6) is -0.811. The third kappa shape index (κ3) is 4.87. The number of carbonyl (C=O) groups excluding carboxylic acids is 3. The summed E-state index contributed by atoms with van der Waals surface area (Å²) < 4.78 is 0. The Balaban J connectivity index is 1.61. The lowest BCUT2D eigenvalue weighted by Gasteiger charge is -2.22. The zero-order chi connectivity index (χ0) is 22.6. The third-order valence-electron chi connectivity index (χ3n) is 5.59. The first-order valence-corrected chi connectivity index (χ1v) is 10.5. The Hall–Kier alpha value is -3.35. The molecule has 0 aliphatic carbocycles. The molecule has 1 saturated heterocycles. The number of imide groups is 1. The van der Waals surface area contributed by atoms with Crippen molar-refractivity contribution in [2.24, 2.45) is 0 Å². The summed E-state index contributed by atoms with van der Waals surface area (Å²) in [4.78, 5) is 40.9. The van der Waals surface area contributed by atoms with Gasteiger partial charge in [0, 0.05) is 26.3 Å². The highest BCUT2D eigenvalue weighted by Crippen LogP contribution is 2.29. The number of hydrogen-bond acceptors (Lipinski definition) is 4. The van der Waals surface area contributed by atoms with E-state index >= 15 is 0 Å². The Labute approximate surface area is 183 Å². The molecule has 0 radical (unpaired) electrons. The molecule has 1 atom stereocenters. The minimum absolute atomic E-state index is 0.316. The second kappa shape index (κ2) is 9.20. The maximum absolute atomic E-state index is 13.0. The molecule has 0 saturated carbocycles. The van der Waals surface area contributed by atoms with Gasteiger partial charge in [-0.1, -0.05) is 49.7 Å². The van der Waals surface area contributed by atoms with Crippen LogP contribution in [-0.4, -0.2) is 43.4 Å². The van der Waals surface area contributed by atoms with Gasteiger partial charge in [-0.05, 0) is 42.2 Å². The van der Waals surface area contributed by atoms with E-state index in [1.807, 2.05) is 67.5 Å². The fourth-order valence-corrected chi connectivity index (χ4v) is 3.64. The van der Waals surface area contributed by atoms with E-state index in [0.717, 1.165) is 29.0 Å². The number of anilines is 1. The largest absolute Gasteiger partial charge is 0.378 e. The van der Waals surface area contributed by atoms with Gasteiger partial charge in [0.15, 0.2) is 0 Å². The lowest BCUT2D eigenvalue weighted by atomic mass is 9.91. The normalized spacial score (nSPS) is 18.1. The number of carbonyl (C=O) groups is 3. The van der Waals surface area contributed by atoms with Gasteiger partial charge in [-0.3, -0.25) is 14.5 Å². The molecule has 0 unspecified atom stereocenters. The van der Waals surface area contributed by atoms with Crippen molar-refractivity contribution < 1.29 is 14.4 Å². The van der Waals surface area contributed by atoms with E-state index in [2.05, 4.69) is 17.6 Å². The summed E-state index contributed by atoms with van der Waals surface area (Å²) in [6.45, 7) is 3.79. The van der Waals surface area contributed by atoms with Crippen LogP contribution in [0.3, 0.4) is 0 Å². The zero-order valence-electron chi connectivity index (χ0n) is 18.6. The van der Waals surface area contributed by atoms with Crippen molar-refractivity contribution in [3.05, 3.63) is 65.2 Å². The summed E-state index contributed by atoms with van der Waals surface area (Å²) in [6, 6.07) is 14.9. The zero-order valence-corrected chi connectivity index (χ0v) is 18.6. The molecule has 1 aliphatic heterocycles. The maximum Gasteiger partial charge on any atom is 0.325 e. The standard InChI is InChI=1S/C24H30N4O3/c1-5-6-17-7-11-19(12-8-17)24(2)22(30)28(23(31)26-24)16-21(29)25-15-18-9-13-20(14-10-18)27(3)4/h7-14H,5-6,15-16H2,1-4H3,(H,25,29)(H,26,31)/t24-/m0/s1. The molecular weight excluding hydrogens is 392 g/mol.